The highest BCUT2D eigenvalue weighted by molar-refractivity contribution is 5.91. The van der Waals surface area contributed by atoms with Crippen LogP contribution >= 0.6 is 0 Å². The minimum absolute atomic E-state index is 0.220. The number of benzene rings is 1. The van der Waals surface area contributed by atoms with Crippen LogP contribution in [0.4, 0.5) is 16.3 Å². The largest absolute Gasteiger partial charge is 0.444 e. The van der Waals surface area contributed by atoms with Crippen molar-refractivity contribution in [3.63, 3.8) is 0 Å². The molecule has 1 saturated heterocycles. The van der Waals surface area contributed by atoms with Crippen molar-refractivity contribution in [3.05, 3.63) is 52.4 Å². The molecule has 0 radical (unpaired) electrons. The van der Waals surface area contributed by atoms with Gasteiger partial charge in [0, 0.05) is 25.0 Å². The van der Waals surface area contributed by atoms with Crippen molar-refractivity contribution in [2.45, 2.75) is 64.5 Å². The first-order valence-electron chi connectivity index (χ1n) is 12.0. The molecule has 35 heavy (non-hydrogen) atoms. The molecule has 0 spiro atoms. The zero-order chi connectivity index (χ0) is 25.2. The van der Waals surface area contributed by atoms with E-state index >= 15 is 0 Å². The molecular weight excluding hydrogens is 444 g/mol. The first-order valence-corrected chi connectivity index (χ1v) is 12.0. The molecule has 0 aliphatic carbocycles. The third kappa shape index (κ3) is 5.02. The molecule has 1 aromatic carbocycles. The summed E-state index contributed by atoms with van der Waals surface area (Å²) in [5.74, 6) is 0.471. The number of anilines is 2. The number of ether oxygens (including phenoxy) is 1. The molecule has 9 heteroatoms. The Morgan fingerprint density at radius 1 is 1.29 bits per heavy atom. The fraction of sp³-hybridized carbons (Fsp3) is 0.462. The molecule has 1 fully saturated rings. The van der Waals surface area contributed by atoms with Crippen LogP contribution in [0.2, 0.25) is 0 Å². The number of likely N-dealkylation sites (tertiary alicyclic amines) is 1. The second kappa shape index (κ2) is 9.45. The lowest BCUT2D eigenvalue weighted by atomic mass is 9.85. The van der Waals surface area contributed by atoms with Gasteiger partial charge >= 0.3 is 6.09 Å². The average Bonchev–Trinajstić information content (AvgIpc) is 3.18. The average molecular weight is 477 g/mol. The molecule has 3 aromatic rings. The molecule has 0 bridgehead atoms. The SMILES string of the molecule is CCC1(n2nc(Nc3cccc(CC#N)c3)c3c(=O)[nH]ccc32)CCN(C(=O)OC(C)(C)C)CC1. The molecule has 4 rings (SSSR count). The number of aromatic nitrogens is 3. The normalized spacial score (nSPS) is 15.6. The number of carbonyl (C=O) groups excluding carboxylic acids is 1. The molecule has 0 unspecified atom stereocenters. The first kappa shape index (κ1) is 24.3. The number of nitriles is 1. The molecule has 0 atom stereocenters. The van der Waals surface area contributed by atoms with Gasteiger partial charge in [-0.2, -0.15) is 10.4 Å². The molecule has 1 aliphatic rings. The summed E-state index contributed by atoms with van der Waals surface area (Å²) in [7, 11) is 0. The lowest BCUT2D eigenvalue weighted by molar-refractivity contribution is 0.0101. The van der Waals surface area contributed by atoms with Crippen LogP contribution in [0, 0.1) is 11.3 Å². The number of hydrogen-bond acceptors (Lipinski definition) is 6. The number of amides is 1. The fourth-order valence-electron chi connectivity index (χ4n) is 4.66. The molecule has 184 valence electrons. The molecule has 9 nitrogen and oxygen atoms in total. The Morgan fingerprint density at radius 2 is 2.03 bits per heavy atom. The Morgan fingerprint density at radius 3 is 2.69 bits per heavy atom. The standard InChI is InChI=1S/C26H32N6O3/c1-5-26(11-15-31(16-12-26)24(34)35-25(2,3)4)32-20-10-14-28-23(33)21(20)22(30-32)29-19-8-6-7-18(17-19)9-13-27/h6-8,10,14,17H,5,9,11-12,15-16H2,1-4H3,(H,28,33)(H,29,30). The maximum atomic E-state index is 12.9. The Hall–Kier alpha value is -3.80. The fourth-order valence-corrected chi connectivity index (χ4v) is 4.66. The van der Waals surface area contributed by atoms with Gasteiger partial charge in [0.05, 0.1) is 23.5 Å². The van der Waals surface area contributed by atoms with Crippen molar-refractivity contribution < 1.29 is 9.53 Å². The molecule has 2 N–H and O–H groups in total. The number of hydrogen-bond donors (Lipinski definition) is 2. The maximum absolute atomic E-state index is 12.9. The highest BCUT2D eigenvalue weighted by atomic mass is 16.6. The van der Waals surface area contributed by atoms with Crippen LogP contribution < -0.4 is 10.9 Å². The minimum atomic E-state index is -0.541. The summed E-state index contributed by atoms with van der Waals surface area (Å²) >= 11 is 0. The second-order valence-electron chi connectivity index (χ2n) is 10.0. The van der Waals surface area contributed by atoms with E-state index in [1.807, 2.05) is 55.8 Å². The van der Waals surface area contributed by atoms with Gasteiger partial charge in [0.1, 0.15) is 11.0 Å². The predicted molar refractivity (Wildman–Crippen MR) is 135 cm³/mol. The van der Waals surface area contributed by atoms with Gasteiger partial charge in [-0.15, -0.1) is 0 Å². The molecule has 1 aliphatic heterocycles. The van der Waals surface area contributed by atoms with Crippen molar-refractivity contribution in [2.24, 2.45) is 0 Å². The lowest BCUT2D eigenvalue weighted by Crippen LogP contribution is -2.49. The number of rotatable bonds is 5. The summed E-state index contributed by atoms with van der Waals surface area (Å²) in [5, 5.41) is 17.7. The highest BCUT2D eigenvalue weighted by Crippen LogP contribution is 2.37. The maximum Gasteiger partial charge on any atom is 0.410 e. The number of nitrogens with zero attached hydrogens (tertiary/aromatic N) is 4. The van der Waals surface area contributed by atoms with E-state index in [0.717, 1.165) is 23.2 Å². The van der Waals surface area contributed by atoms with E-state index < -0.39 is 5.60 Å². The van der Waals surface area contributed by atoms with E-state index in [2.05, 4.69) is 23.3 Å². The number of pyridine rings is 1. The summed E-state index contributed by atoms with van der Waals surface area (Å²) in [6.45, 7) is 8.80. The zero-order valence-corrected chi connectivity index (χ0v) is 20.7. The Bertz CT molecular complexity index is 1320. The molecule has 3 heterocycles. The van der Waals surface area contributed by atoms with Crippen LogP contribution in [0.15, 0.2) is 41.3 Å². The van der Waals surface area contributed by atoms with Crippen molar-refractivity contribution >= 4 is 28.5 Å². The number of nitrogens with one attached hydrogen (secondary N) is 2. The van der Waals surface area contributed by atoms with E-state index in [9.17, 15) is 9.59 Å². The second-order valence-corrected chi connectivity index (χ2v) is 10.0. The number of fused-ring (bicyclic) bond motifs is 1. The van der Waals surface area contributed by atoms with E-state index in [-0.39, 0.29) is 17.2 Å². The molecule has 2 aromatic heterocycles. The smallest absolute Gasteiger partial charge is 0.410 e. The third-order valence-corrected chi connectivity index (χ3v) is 6.53. The van der Waals surface area contributed by atoms with E-state index in [1.54, 1.807) is 11.1 Å². The minimum Gasteiger partial charge on any atom is -0.444 e. The van der Waals surface area contributed by atoms with Crippen LogP contribution in [0.25, 0.3) is 10.9 Å². The van der Waals surface area contributed by atoms with Crippen molar-refractivity contribution in [1.82, 2.24) is 19.7 Å². The molecule has 0 saturated carbocycles. The van der Waals surface area contributed by atoms with Gasteiger partial charge in [-0.05, 0) is 63.8 Å². The van der Waals surface area contributed by atoms with Gasteiger partial charge in [-0.3, -0.25) is 9.48 Å². The van der Waals surface area contributed by atoms with Crippen molar-refractivity contribution in [1.29, 1.82) is 5.26 Å². The summed E-state index contributed by atoms with van der Waals surface area (Å²) in [6.07, 6.45) is 3.84. The number of H-pyrrole nitrogens is 1. The van der Waals surface area contributed by atoms with Crippen LogP contribution in [-0.4, -0.2) is 44.4 Å². The monoisotopic (exact) mass is 476 g/mol. The number of aromatic amines is 1. The number of carbonyl (C=O) groups is 1. The summed E-state index contributed by atoms with van der Waals surface area (Å²) in [4.78, 5) is 30.0. The van der Waals surface area contributed by atoms with Crippen molar-refractivity contribution in [3.8, 4) is 6.07 Å². The van der Waals surface area contributed by atoms with Gasteiger partial charge in [0.25, 0.3) is 5.56 Å². The Kier molecular flexibility index (Phi) is 6.57. The van der Waals surface area contributed by atoms with E-state index in [4.69, 9.17) is 15.1 Å². The van der Waals surface area contributed by atoms with Gasteiger partial charge in [-0.25, -0.2) is 4.79 Å². The predicted octanol–water partition coefficient (Wildman–Crippen LogP) is 4.67. The van der Waals surface area contributed by atoms with Gasteiger partial charge in [0.15, 0.2) is 5.82 Å². The van der Waals surface area contributed by atoms with Crippen LogP contribution in [-0.2, 0) is 16.7 Å². The van der Waals surface area contributed by atoms with Gasteiger partial charge in [-0.1, -0.05) is 19.1 Å². The highest BCUT2D eigenvalue weighted by Gasteiger charge is 2.39. The third-order valence-electron chi connectivity index (χ3n) is 6.53. The van der Waals surface area contributed by atoms with Gasteiger partial charge < -0.3 is 19.9 Å². The molecule has 1 amide bonds. The first-order chi connectivity index (χ1) is 16.7. The summed E-state index contributed by atoms with van der Waals surface area (Å²) in [5.41, 5.74) is 1.29. The number of piperidine rings is 1. The van der Waals surface area contributed by atoms with Crippen molar-refractivity contribution in [2.75, 3.05) is 18.4 Å². The Balaban J connectivity index is 1.67. The molecular formula is C26H32N6O3. The van der Waals surface area contributed by atoms with Crippen LogP contribution in [0.1, 0.15) is 52.5 Å². The van der Waals surface area contributed by atoms with E-state index in [1.165, 1.54) is 0 Å². The van der Waals surface area contributed by atoms with Crippen LogP contribution in [0.3, 0.4) is 0 Å². The topological polar surface area (TPSA) is 116 Å². The zero-order valence-electron chi connectivity index (χ0n) is 20.7. The Labute approximate surface area is 204 Å². The van der Waals surface area contributed by atoms with E-state index in [0.29, 0.717) is 43.6 Å². The van der Waals surface area contributed by atoms with Gasteiger partial charge in [0.2, 0.25) is 0 Å². The quantitative estimate of drug-likeness (QED) is 0.553. The summed E-state index contributed by atoms with van der Waals surface area (Å²) < 4.78 is 7.52. The lowest BCUT2D eigenvalue weighted by Gasteiger charge is -2.42. The summed E-state index contributed by atoms with van der Waals surface area (Å²) in [6, 6.07) is 11.6. The van der Waals surface area contributed by atoms with Crippen LogP contribution in [0.5, 0.6) is 0 Å².